The third-order valence-corrected chi connectivity index (χ3v) is 15.5. The molecule has 1 atom stereocenters. The summed E-state index contributed by atoms with van der Waals surface area (Å²) in [7, 11) is 0.757. The van der Waals surface area contributed by atoms with Crippen molar-refractivity contribution in [3.63, 3.8) is 0 Å². The lowest BCUT2D eigenvalue weighted by Gasteiger charge is -2.43. The fraction of sp³-hybridized carbons (Fsp3) is 0.241. The number of benzene rings is 6. The molecule has 3 nitrogen and oxygen atoms in total. The van der Waals surface area contributed by atoms with Gasteiger partial charge in [0.15, 0.2) is 5.88 Å². The molecule has 7 aromatic rings. The van der Waals surface area contributed by atoms with Gasteiger partial charge in [0, 0.05) is 22.3 Å². The Labute approximate surface area is 366 Å². The predicted molar refractivity (Wildman–Crippen MR) is 264 cm³/mol. The molecular weight excluding hydrogens is 751 g/mol. The average Bonchev–Trinajstić information content (AvgIpc) is 3.79. The number of hydrogen-bond acceptors (Lipinski definition) is 3. The first-order valence-corrected chi connectivity index (χ1v) is 22.8. The second-order valence-electron chi connectivity index (χ2n) is 19.8. The van der Waals surface area contributed by atoms with Crippen LogP contribution >= 0.6 is 0 Å². The van der Waals surface area contributed by atoms with E-state index in [2.05, 4.69) is 192 Å². The predicted octanol–water partition coefficient (Wildman–Crippen LogP) is 13.8. The van der Waals surface area contributed by atoms with Crippen LogP contribution in [0.25, 0.3) is 38.4 Å². The lowest BCUT2D eigenvalue weighted by molar-refractivity contribution is 0.332. The van der Waals surface area contributed by atoms with E-state index in [1.54, 1.807) is 0 Å². The zero-order chi connectivity index (χ0) is 42.3. The molecule has 0 radical (unpaired) electrons. The second kappa shape index (κ2) is 13.1. The maximum Gasteiger partial charge on any atom is 0.203 e. The molecule has 1 aromatic heterocycles. The minimum Gasteiger partial charge on any atom is -0.440 e. The Balaban J connectivity index is 1.18. The number of furan rings is 1. The fourth-order valence-electron chi connectivity index (χ4n) is 12.4. The van der Waals surface area contributed by atoms with Crippen LogP contribution in [0.15, 0.2) is 155 Å². The maximum absolute atomic E-state index is 7.04. The summed E-state index contributed by atoms with van der Waals surface area (Å²) in [6.45, 7) is 16.5. The molecular formula is C58H53BN2O. The number of allylic oxidation sites excluding steroid dienone is 7. The molecule has 5 aliphatic rings. The summed E-state index contributed by atoms with van der Waals surface area (Å²) in [6, 6.07) is 41.5. The SMILES string of the molecule is C/C=C\C1=C(C)C2(C3=C(CCC=C3)c3ccccc32)c2cccc(-c3c4c(cc5ccccc35)N(c3cc5c(cc3C)C(C)(C)CCC5(C)C)c3oc5ccccc5c3B4)c2N1. The van der Waals surface area contributed by atoms with Crippen LogP contribution in [-0.2, 0) is 16.2 Å². The summed E-state index contributed by atoms with van der Waals surface area (Å²) in [6.07, 6.45) is 13.8. The quantitative estimate of drug-likeness (QED) is 0.180. The highest BCUT2D eigenvalue weighted by molar-refractivity contribution is 6.76. The van der Waals surface area contributed by atoms with Gasteiger partial charge >= 0.3 is 0 Å². The molecule has 4 heteroatoms. The van der Waals surface area contributed by atoms with E-state index in [0.717, 1.165) is 38.0 Å². The van der Waals surface area contributed by atoms with Crippen molar-refractivity contribution in [2.75, 3.05) is 10.2 Å². The van der Waals surface area contributed by atoms with Gasteiger partial charge in [-0.25, -0.2) is 0 Å². The van der Waals surface area contributed by atoms with Crippen molar-refractivity contribution in [2.24, 2.45) is 0 Å². The molecule has 1 spiro atoms. The lowest BCUT2D eigenvalue weighted by atomic mass is 9.57. The number of aryl methyl sites for hydroxylation is 1. The smallest absolute Gasteiger partial charge is 0.203 e. The van der Waals surface area contributed by atoms with Gasteiger partial charge in [-0.1, -0.05) is 137 Å². The number of fused-ring (bicyclic) bond motifs is 12. The van der Waals surface area contributed by atoms with Crippen LogP contribution in [0, 0.1) is 6.92 Å². The summed E-state index contributed by atoms with van der Waals surface area (Å²) in [5.74, 6) is 0.933. The Hall–Kier alpha value is -6.26. The van der Waals surface area contributed by atoms with Gasteiger partial charge in [-0.05, 0) is 159 Å². The number of rotatable bonds is 3. The highest BCUT2D eigenvalue weighted by Crippen LogP contribution is 2.62. The first kappa shape index (κ1) is 37.5. The van der Waals surface area contributed by atoms with Crippen molar-refractivity contribution in [1.82, 2.24) is 0 Å². The van der Waals surface area contributed by atoms with Crippen LogP contribution in [0.3, 0.4) is 0 Å². The average molecular weight is 805 g/mol. The van der Waals surface area contributed by atoms with E-state index in [1.807, 2.05) is 0 Å². The van der Waals surface area contributed by atoms with Crippen LogP contribution in [0.4, 0.5) is 22.9 Å². The van der Waals surface area contributed by atoms with Gasteiger partial charge < -0.3 is 9.73 Å². The van der Waals surface area contributed by atoms with Crippen molar-refractivity contribution in [1.29, 1.82) is 0 Å². The molecule has 1 N–H and O–H groups in total. The molecule has 0 fully saturated rings. The van der Waals surface area contributed by atoms with Crippen molar-refractivity contribution >= 4 is 68.5 Å². The van der Waals surface area contributed by atoms with E-state index in [-0.39, 0.29) is 10.8 Å². The topological polar surface area (TPSA) is 28.4 Å². The van der Waals surface area contributed by atoms with Crippen molar-refractivity contribution < 1.29 is 4.42 Å². The summed E-state index contributed by atoms with van der Waals surface area (Å²) in [5.41, 5.74) is 23.1. The van der Waals surface area contributed by atoms with Gasteiger partial charge in [0.2, 0.25) is 7.28 Å². The minimum atomic E-state index is -0.417. The number of para-hydroxylation sites is 2. The summed E-state index contributed by atoms with van der Waals surface area (Å²) in [5, 5.41) is 7.79. The standard InChI is InChI=1S/C58H53BN2O/c1-8-18-47-35(3)58(42-25-14-11-21-38(42)39-22-12-15-26-43(39)58)44-27-17-24-41(54(44)60-47)51-37-20-10-9-19-36(37)32-49-53(51)59-52-40-23-13-16-28-50(40)62-55(52)61(49)48-33-46-45(31-34(48)2)56(4,5)29-30-57(46,6)7/h8-11,13-21,23-28,31-33,59-60H,12,22,29-30H2,1-7H3/b18-8-. The third-order valence-electron chi connectivity index (χ3n) is 15.5. The largest absolute Gasteiger partial charge is 0.440 e. The molecule has 12 rings (SSSR count). The Morgan fingerprint density at radius 1 is 0.710 bits per heavy atom. The first-order chi connectivity index (χ1) is 30.0. The van der Waals surface area contributed by atoms with Crippen molar-refractivity contribution in [3.05, 3.63) is 184 Å². The summed E-state index contributed by atoms with van der Waals surface area (Å²) in [4.78, 5) is 2.49. The highest BCUT2D eigenvalue weighted by atomic mass is 16.4. The van der Waals surface area contributed by atoms with Crippen molar-refractivity contribution in [3.8, 4) is 11.1 Å². The van der Waals surface area contributed by atoms with E-state index < -0.39 is 5.41 Å². The lowest BCUT2D eigenvalue weighted by Crippen LogP contribution is -2.41. The third kappa shape index (κ3) is 4.95. The molecule has 0 saturated heterocycles. The summed E-state index contributed by atoms with van der Waals surface area (Å²) < 4.78 is 7.04. The van der Waals surface area contributed by atoms with Crippen LogP contribution in [0.5, 0.6) is 0 Å². The number of nitrogens with one attached hydrogen (secondary N) is 1. The molecule has 3 aliphatic carbocycles. The minimum absolute atomic E-state index is 0.0554. The molecule has 6 aromatic carbocycles. The Morgan fingerprint density at radius 2 is 1.42 bits per heavy atom. The number of anilines is 4. The monoisotopic (exact) mass is 804 g/mol. The molecule has 304 valence electrons. The van der Waals surface area contributed by atoms with Gasteiger partial charge in [-0.2, -0.15) is 0 Å². The van der Waals surface area contributed by atoms with Crippen LogP contribution in [0.2, 0.25) is 0 Å². The van der Waals surface area contributed by atoms with E-state index in [1.165, 1.54) is 117 Å². The highest BCUT2D eigenvalue weighted by Gasteiger charge is 2.51. The van der Waals surface area contributed by atoms with Gasteiger partial charge in [0.25, 0.3) is 0 Å². The molecule has 0 saturated carbocycles. The molecule has 0 amide bonds. The van der Waals surface area contributed by atoms with Gasteiger partial charge in [-0.3, -0.25) is 4.90 Å². The maximum atomic E-state index is 7.04. The van der Waals surface area contributed by atoms with Crippen LogP contribution in [0.1, 0.15) is 101 Å². The zero-order valence-electron chi connectivity index (χ0n) is 37.1. The van der Waals surface area contributed by atoms with Crippen LogP contribution < -0.4 is 21.1 Å². The van der Waals surface area contributed by atoms with E-state index in [9.17, 15) is 0 Å². The van der Waals surface area contributed by atoms with Gasteiger partial charge in [0.05, 0.1) is 16.8 Å². The Bertz CT molecular complexity index is 3240. The van der Waals surface area contributed by atoms with Crippen molar-refractivity contribution in [2.45, 2.75) is 90.4 Å². The molecule has 62 heavy (non-hydrogen) atoms. The van der Waals surface area contributed by atoms with Gasteiger partial charge in [0.1, 0.15) is 5.58 Å². The molecule has 1 unspecified atom stereocenters. The first-order valence-electron chi connectivity index (χ1n) is 22.8. The zero-order valence-corrected chi connectivity index (χ0v) is 37.1. The molecule has 3 heterocycles. The summed E-state index contributed by atoms with van der Waals surface area (Å²) >= 11 is 0. The molecule has 2 aliphatic heterocycles. The Morgan fingerprint density at radius 3 is 2.24 bits per heavy atom. The second-order valence-corrected chi connectivity index (χ2v) is 19.8. The van der Waals surface area contributed by atoms with E-state index in [4.69, 9.17) is 4.42 Å². The number of hydrogen-bond donors (Lipinski definition) is 1. The Kier molecular flexibility index (Phi) is 7.94. The van der Waals surface area contributed by atoms with Gasteiger partial charge in [-0.15, -0.1) is 0 Å². The van der Waals surface area contributed by atoms with Crippen LogP contribution in [-0.4, -0.2) is 7.28 Å². The molecule has 0 bridgehead atoms. The van der Waals surface area contributed by atoms with E-state index in [0.29, 0.717) is 0 Å². The normalized spacial score (nSPS) is 20.2. The fourth-order valence-corrected chi connectivity index (χ4v) is 12.4. The van der Waals surface area contributed by atoms with E-state index >= 15 is 0 Å². The number of nitrogens with zero attached hydrogens (tertiary/aromatic N) is 1.